The average molecular weight is 415 g/mol. The summed E-state index contributed by atoms with van der Waals surface area (Å²) in [6, 6.07) is 0.559. The van der Waals surface area contributed by atoms with Crippen molar-refractivity contribution in [2.45, 2.75) is 63.8 Å². The average Bonchev–Trinajstić information content (AvgIpc) is 3.03. The number of hydrogen-bond acceptors (Lipinski definition) is 6. The van der Waals surface area contributed by atoms with E-state index in [2.05, 4.69) is 28.9 Å². The Kier molecular flexibility index (Phi) is 8.92. The van der Waals surface area contributed by atoms with Crippen LogP contribution >= 0.6 is 0 Å². The molecular weight excluding hydrogens is 376 g/mol. The Labute approximate surface area is 171 Å². The molecule has 0 N–H and O–H groups in total. The summed E-state index contributed by atoms with van der Waals surface area (Å²) in [5.41, 5.74) is 0.932. The zero-order chi connectivity index (χ0) is 20.7. The monoisotopic (exact) mass is 414 g/mol. The van der Waals surface area contributed by atoms with E-state index in [4.69, 9.17) is 4.74 Å². The smallest absolute Gasteiger partial charge is 0.227 e. The number of hydrogen-bond donors (Lipinski definition) is 0. The van der Waals surface area contributed by atoms with Gasteiger partial charge < -0.3 is 14.2 Å². The van der Waals surface area contributed by atoms with Crippen molar-refractivity contribution in [1.82, 2.24) is 19.4 Å². The van der Waals surface area contributed by atoms with Gasteiger partial charge in [-0.15, -0.1) is 0 Å². The minimum Gasteiger partial charge on any atom is -0.383 e. The standard InChI is InChI=1S/C20H38N4O3S/c1-17(2)9-13-28(25,26)20-21-14-19(24(20)11-12-27-5)16-22(3)15-18-8-6-7-10-23(18)4/h14,17-18H,6-13,15-16H2,1-5H3. The number of piperidine rings is 1. The van der Waals surface area contributed by atoms with Gasteiger partial charge in [-0.1, -0.05) is 20.3 Å². The minimum absolute atomic E-state index is 0.136. The lowest BCUT2D eigenvalue weighted by Gasteiger charge is -2.35. The maximum atomic E-state index is 12.8. The number of likely N-dealkylation sites (N-methyl/N-ethyl adjacent to an activating group) is 2. The predicted molar refractivity (Wildman–Crippen MR) is 112 cm³/mol. The van der Waals surface area contributed by atoms with Gasteiger partial charge in [-0.05, 0) is 45.8 Å². The van der Waals surface area contributed by atoms with Crippen LogP contribution in [-0.2, 0) is 27.7 Å². The molecule has 1 aliphatic rings. The summed E-state index contributed by atoms with van der Waals surface area (Å²) in [6.07, 6.45) is 6.14. The highest BCUT2D eigenvalue weighted by molar-refractivity contribution is 7.91. The fourth-order valence-electron chi connectivity index (χ4n) is 3.75. The van der Waals surface area contributed by atoms with Crippen LogP contribution in [0.5, 0.6) is 0 Å². The van der Waals surface area contributed by atoms with E-state index in [1.165, 1.54) is 19.3 Å². The third kappa shape index (κ3) is 6.54. The SMILES string of the molecule is COCCn1c(CN(C)CC2CCCCN2C)cnc1S(=O)(=O)CCC(C)C. The van der Waals surface area contributed by atoms with Gasteiger partial charge in [0.1, 0.15) is 0 Å². The number of sulfone groups is 1. The Morgan fingerprint density at radius 2 is 2.11 bits per heavy atom. The van der Waals surface area contributed by atoms with Crippen LogP contribution in [0.4, 0.5) is 0 Å². The summed E-state index contributed by atoms with van der Waals surface area (Å²) in [6.45, 7) is 7.85. The van der Waals surface area contributed by atoms with E-state index in [1.807, 2.05) is 18.4 Å². The Balaban J connectivity index is 2.13. The van der Waals surface area contributed by atoms with Crippen LogP contribution in [0.25, 0.3) is 0 Å². The molecule has 2 rings (SSSR count). The number of nitrogens with zero attached hydrogens (tertiary/aromatic N) is 4. The highest BCUT2D eigenvalue weighted by Crippen LogP contribution is 2.19. The third-order valence-corrected chi connectivity index (χ3v) is 7.19. The lowest BCUT2D eigenvalue weighted by Crippen LogP contribution is -2.43. The van der Waals surface area contributed by atoms with Crippen molar-refractivity contribution in [3.05, 3.63) is 11.9 Å². The third-order valence-electron chi connectivity index (χ3n) is 5.54. The molecule has 0 saturated carbocycles. The number of likely N-dealkylation sites (tertiary alicyclic amines) is 1. The molecule has 1 unspecified atom stereocenters. The van der Waals surface area contributed by atoms with Crippen molar-refractivity contribution in [3.8, 4) is 0 Å². The van der Waals surface area contributed by atoms with Gasteiger partial charge in [-0.25, -0.2) is 13.4 Å². The van der Waals surface area contributed by atoms with Crippen molar-refractivity contribution in [2.75, 3.05) is 46.7 Å². The fourth-order valence-corrected chi connectivity index (χ4v) is 5.47. The Morgan fingerprint density at radius 1 is 1.36 bits per heavy atom. The molecule has 162 valence electrons. The second kappa shape index (κ2) is 10.7. The second-order valence-electron chi connectivity index (χ2n) is 8.50. The molecule has 1 atom stereocenters. The molecule has 1 aromatic heterocycles. The summed E-state index contributed by atoms with van der Waals surface area (Å²) in [7, 11) is 2.53. The molecule has 1 saturated heterocycles. The summed E-state index contributed by atoms with van der Waals surface area (Å²) in [5.74, 6) is 0.479. The first-order valence-corrected chi connectivity index (χ1v) is 12.0. The first-order chi connectivity index (χ1) is 13.2. The number of ether oxygens (including phenoxy) is 1. The Hall–Kier alpha value is -0.960. The zero-order valence-corrected chi connectivity index (χ0v) is 19.0. The van der Waals surface area contributed by atoms with Crippen LogP contribution in [0.3, 0.4) is 0 Å². The minimum atomic E-state index is -3.40. The van der Waals surface area contributed by atoms with Gasteiger partial charge in [0.05, 0.1) is 24.3 Å². The van der Waals surface area contributed by atoms with Crippen molar-refractivity contribution in [3.63, 3.8) is 0 Å². The number of aromatic nitrogens is 2. The second-order valence-corrected chi connectivity index (χ2v) is 10.5. The quantitative estimate of drug-likeness (QED) is 0.553. The highest BCUT2D eigenvalue weighted by atomic mass is 32.2. The van der Waals surface area contributed by atoms with Gasteiger partial charge in [0.25, 0.3) is 0 Å². The number of imidazole rings is 1. The summed E-state index contributed by atoms with van der Waals surface area (Å²) >= 11 is 0. The van der Waals surface area contributed by atoms with Gasteiger partial charge in [0.2, 0.25) is 15.0 Å². The van der Waals surface area contributed by atoms with Gasteiger partial charge in [-0.3, -0.25) is 4.90 Å². The Morgan fingerprint density at radius 3 is 2.75 bits per heavy atom. The molecule has 8 heteroatoms. The largest absolute Gasteiger partial charge is 0.383 e. The van der Waals surface area contributed by atoms with Crippen molar-refractivity contribution in [2.24, 2.45) is 5.92 Å². The molecule has 0 amide bonds. The highest BCUT2D eigenvalue weighted by Gasteiger charge is 2.25. The molecule has 1 aromatic rings. The molecule has 0 aromatic carbocycles. The fraction of sp³-hybridized carbons (Fsp3) is 0.850. The molecule has 7 nitrogen and oxygen atoms in total. The van der Waals surface area contributed by atoms with E-state index in [0.29, 0.717) is 38.1 Å². The van der Waals surface area contributed by atoms with Gasteiger partial charge in [-0.2, -0.15) is 0 Å². The van der Waals surface area contributed by atoms with Crippen LogP contribution in [0.2, 0.25) is 0 Å². The van der Waals surface area contributed by atoms with Crippen molar-refractivity contribution < 1.29 is 13.2 Å². The summed E-state index contributed by atoms with van der Waals surface area (Å²) in [4.78, 5) is 9.03. The predicted octanol–water partition coefficient (Wildman–Crippen LogP) is 2.27. The molecular formula is C20H38N4O3S. The van der Waals surface area contributed by atoms with E-state index in [1.54, 1.807) is 13.3 Å². The number of methoxy groups -OCH3 is 1. The molecule has 2 heterocycles. The van der Waals surface area contributed by atoms with E-state index >= 15 is 0 Å². The lowest BCUT2D eigenvalue weighted by molar-refractivity contribution is 0.136. The molecule has 28 heavy (non-hydrogen) atoms. The molecule has 0 radical (unpaired) electrons. The van der Waals surface area contributed by atoms with Crippen LogP contribution < -0.4 is 0 Å². The summed E-state index contributed by atoms with van der Waals surface area (Å²) < 4.78 is 32.7. The number of rotatable bonds is 11. The Bertz CT molecular complexity index is 702. The first kappa shape index (κ1) is 23.3. The molecule has 0 spiro atoms. The van der Waals surface area contributed by atoms with Crippen molar-refractivity contribution in [1.29, 1.82) is 0 Å². The zero-order valence-electron chi connectivity index (χ0n) is 18.2. The normalized spacial score (nSPS) is 19.0. The van der Waals surface area contributed by atoms with Crippen LogP contribution in [0.1, 0.15) is 45.2 Å². The summed E-state index contributed by atoms with van der Waals surface area (Å²) in [5, 5.41) is 0.184. The maximum absolute atomic E-state index is 12.8. The lowest BCUT2D eigenvalue weighted by atomic mass is 10.0. The topological polar surface area (TPSA) is 67.7 Å². The van der Waals surface area contributed by atoms with Crippen molar-refractivity contribution >= 4 is 9.84 Å². The van der Waals surface area contributed by atoms with Crippen LogP contribution in [0.15, 0.2) is 11.4 Å². The van der Waals surface area contributed by atoms with Gasteiger partial charge >= 0.3 is 0 Å². The van der Waals surface area contributed by atoms with E-state index in [0.717, 1.165) is 18.8 Å². The molecule has 0 bridgehead atoms. The first-order valence-electron chi connectivity index (χ1n) is 10.4. The van der Waals surface area contributed by atoms with Gasteiger partial charge in [0, 0.05) is 32.8 Å². The van der Waals surface area contributed by atoms with Crippen LogP contribution in [-0.4, -0.2) is 80.5 Å². The van der Waals surface area contributed by atoms with E-state index in [-0.39, 0.29) is 10.9 Å². The van der Waals surface area contributed by atoms with E-state index in [9.17, 15) is 8.42 Å². The van der Waals surface area contributed by atoms with Gasteiger partial charge in [0.15, 0.2) is 0 Å². The molecule has 0 aliphatic carbocycles. The van der Waals surface area contributed by atoms with Crippen LogP contribution in [0, 0.1) is 5.92 Å². The molecule has 1 fully saturated rings. The molecule has 1 aliphatic heterocycles. The maximum Gasteiger partial charge on any atom is 0.227 e. The van der Waals surface area contributed by atoms with E-state index < -0.39 is 9.84 Å².